The summed E-state index contributed by atoms with van der Waals surface area (Å²) in [4.78, 5) is 29.2. The largest absolute Gasteiger partial charge is 0.323 e. The summed E-state index contributed by atoms with van der Waals surface area (Å²) in [5, 5.41) is 0. The molecule has 1 aliphatic rings. The van der Waals surface area contributed by atoms with Gasteiger partial charge in [0.2, 0.25) is 5.91 Å². The van der Waals surface area contributed by atoms with E-state index in [2.05, 4.69) is 20.8 Å². The van der Waals surface area contributed by atoms with Gasteiger partial charge in [0.15, 0.2) is 0 Å². The highest BCUT2D eigenvalue weighted by Crippen LogP contribution is 2.37. The van der Waals surface area contributed by atoms with E-state index < -0.39 is 6.04 Å². The van der Waals surface area contributed by atoms with Crippen molar-refractivity contribution < 1.29 is 9.59 Å². The van der Waals surface area contributed by atoms with Crippen molar-refractivity contribution in [2.24, 2.45) is 11.3 Å². The first-order valence-electron chi connectivity index (χ1n) is 7.80. The van der Waals surface area contributed by atoms with Crippen molar-refractivity contribution in [1.82, 2.24) is 9.80 Å². The molecular weight excluding hydrogens is 276 g/mol. The molecule has 0 N–H and O–H groups in total. The molecule has 0 aliphatic carbocycles. The molecule has 120 valence electrons. The van der Waals surface area contributed by atoms with Crippen LogP contribution >= 0.6 is 0 Å². The third-order valence-corrected chi connectivity index (χ3v) is 4.19. The van der Waals surface area contributed by atoms with Crippen molar-refractivity contribution in [2.45, 2.75) is 46.8 Å². The Hall–Kier alpha value is -1.84. The maximum atomic E-state index is 13.1. The molecule has 1 aromatic rings. The van der Waals surface area contributed by atoms with Gasteiger partial charge in [0, 0.05) is 18.0 Å². The van der Waals surface area contributed by atoms with Crippen LogP contribution in [0.2, 0.25) is 0 Å². The number of carbonyl (C=O) groups excluding carboxylic acids is 2. The molecule has 1 aliphatic heterocycles. The minimum absolute atomic E-state index is 0.0270. The van der Waals surface area contributed by atoms with E-state index in [9.17, 15) is 9.59 Å². The van der Waals surface area contributed by atoms with Crippen LogP contribution in [0.3, 0.4) is 0 Å². The zero-order chi connectivity index (χ0) is 16.7. The second-order valence-corrected chi connectivity index (χ2v) is 7.46. The maximum absolute atomic E-state index is 13.1. The molecule has 0 saturated carbocycles. The summed E-state index contributed by atoms with van der Waals surface area (Å²) in [5.41, 5.74) is 0.420. The lowest BCUT2D eigenvalue weighted by atomic mass is 9.90. The Labute approximate surface area is 133 Å². The fraction of sp³-hybridized carbons (Fsp3) is 0.556. The molecule has 0 aromatic heterocycles. The predicted molar refractivity (Wildman–Crippen MR) is 87.3 cm³/mol. The maximum Gasteiger partial charge on any atom is 0.256 e. The number of hydrogen-bond donors (Lipinski definition) is 0. The number of amides is 2. The Morgan fingerprint density at radius 1 is 1.14 bits per heavy atom. The van der Waals surface area contributed by atoms with Crippen molar-refractivity contribution in [1.29, 1.82) is 0 Å². The Balaban J connectivity index is 2.50. The van der Waals surface area contributed by atoms with E-state index in [0.717, 1.165) is 0 Å². The average Bonchev–Trinajstić information content (AvgIpc) is 2.71. The van der Waals surface area contributed by atoms with Crippen molar-refractivity contribution in [3.8, 4) is 0 Å². The van der Waals surface area contributed by atoms with Crippen molar-refractivity contribution >= 4 is 11.8 Å². The lowest BCUT2D eigenvalue weighted by Crippen LogP contribution is -2.51. The molecule has 1 heterocycles. The fourth-order valence-corrected chi connectivity index (χ4v) is 3.36. The topological polar surface area (TPSA) is 40.6 Å². The molecule has 0 spiro atoms. The molecule has 0 unspecified atom stereocenters. The van der Waals surface area contributed by atoms with Crippen LogP contribution in [0.4, 0.5) is 0 Å². The van der Waals surface area contributed by atoms with Crippen LogP contribution in [0.5, 0.6) is 0 Å². The van der Waals surface area contributed by atoms with Gasteiger partial charge in [0.25, 0.3) is 5.91 Å². The van der Waals surface area contributed by atoms with Gasteiger partial charge in [-0.15, -0.1) is 0 Å². The van der Waals surface area contributed by atoms with Crippen LogP contribution in [-0.2, 0) is 4.79 Å². The van der Waals surface area contributed by atoms with Gasteiger partial charge in [0.1, 0.15) is 12.2 Å². The summed E-state index contributed by atoms with van der Waals surface area (Å²) >= 11 is 0. The third-order valence-electron chi connectivity index (χ3n) is 4.19. The van der Waals surface area contributed by atoms with Gasteiger partial charge in [0.05, 0.1) is 0 Å². The van der Waals surface area contributed by atoms with E-state index in [1.54, 1.807) is 16.8 Å². The predicted octanol–water partition coefficient (Wildman–Crippen LogP) is 3.00. The lowest BCUT2D eigenvalue weighted by Gasteiger charge is -2.39. The van der Waals surface area contributed by atoms with Gasteiger partial charge in [-0.3, -0.25) is 9.59 Å². The fourth-order valence-electron chi connectivity index (χ4n) is 3.36. The second-order valence-electron chi connectivity index (χ2n) is 7.46. The molecule has 4 heteroatoms. The van der Waals surface area contributed by atoms with E-state index in [1.165, 1.54) is 0 Å². The van der Waals surface area contributed by atoms with Crippen LogP contribution in [0, 0.1) is 11.3 Å². The quantitative estimate of drug-likeness (QED) is 0.842. The molecule has 2 atom stereocenters. The van der Waals surface area contributed by atoms with Gasteiger partial charge in [-0.2, -0.15) is 0 Å². The number of nitrogens with zero attached hydrogens (tertiary/aromatic N) is 2. The van der Waals surface area contributed by atoms with Gasteiger partial charge in [-0.1, -0.05) is 52.8 Å². The molecule has 1 fully saturated rings. The summed E-state index contributed by atoms with van der Waals surface area (Å²) in [5.74, 6) is 0.0334. The Kier molecular flexibility index (Phi) is 4.32. The van der Waals surface area contributed by atoms with Crippen LogP contribution in [0.25, 0.3) is 0 Å². The number of rotatable bonds is 2. The van der Waals surface area contributed by atoms with Crippen LogP contribution < -0.4 is 0 Å². The van der Waals surface area contributed by atoms with Crippen molar-refractivity contribution in [3.63, 3.8) is 0 Å². The van der Waals surface area contributed by atoms with E-state index in [-0.39, 0.29) is 29.3 Å². The minimum Gasteiger partial charge on any atom is -0.323 e. The highest BCUT2D eigenvalue weighted by molar-refractivity contribution is 5.99. The number of hydrogen-bond acceptors (Lipinski definition) is 2. The molecule has 1 aromatic carbocycles. The lowest BCUT2D eigenvalue weighted by molar-refractivity contribution is -0.130. The average molecular weight is 302 g/mol. The smallest absolute Gasteiger partial charge is 0.256 e. The Morgan fingerprint density at radius 3 is 2.14 bits per heavy atom. The third kappa shape index (κ3) is 2.74. The highest BCUT2D eigenvalue weighted by Gasteiger charge is 2.52. The molecule has 1 saturated heterocycles. The van der Waals surface area contributed by atoms with Crippen LogP contribution in [0.15, 0.2) is 30.3 Å². The van der Waals surface area contributed by atoms with Gasteiger partial charge in [-0.25, -0.2) is 0 Å². The van der Waals surface area contributed by atoms with E-state index in [4.69, 9.17) is 0 Å². The van der Waals surface area contributed by atoms with Gasteiger partial charge < -0.3 is 9.80 Å². The Morgan fingerprint density at radius 2 is 1.68 bits per heavy atom. The molecule has 2 rings (SSSR count). The number of carbonyl (C=O) groups is 2. The van der Waals surface area contributed by atoms with E-state index in [1.807, 2.05) is 44.2 Å². The van der Waals surface area contributed by atoms with Gasteiger partial charge >= 0.3 is 0 Å². The molecule has 0 bridgehead atoms. The van der Waals surface area contributed by atoms with Crippen molar-refractivity contribution in [3.05, 3.63) is 35.9 Å². The minimum atomic E-state index is -0.401. The summed E-state index contributed by atoms with van der Waals surface area (Å²) in [6.07, 6.45) is -0.236. The van der Waals surface area contributed by atoms with E-state index in [0.29, 0.717) is 5.56 Å². The number of likely N-dealkylation sites (N-methyl/N-ethyl adjacent to an activating group) is 1. The molecule has 22 heavy (non-hydrogen) atoms. The first-order chi connectivity index (χ1) is 10.2. The molecule has 4 nitrogen and oxygen atoms in total. The SMILES string of the molecule is CC(C)[C@@H]1C(=O)N(C)[C@H](C(C)(C)C)N1C(=O)c1ccccc1. The van der Waals surface area contributed by atoms with Crippen LogP contribution in [-0.4, -0.2) is 40.9 Å². The zero-order valence-corrected chi connectivity index (χ0v) is 14.3. The highest BCUT2D eigenvalue weighted by atomic mass is 16.2. The van der Waals surface area contributed by atoms with Crippen molar-refractivity contribution in [2.75, 3.05) is 7.05 Å². The molecular formula is C18H26N2O2. The first-order valence-corrected chi connectivity index (χ1v) is 7.80. The van der Waals surface area contributed by atoms with E-state index >= 15 is 0 Å². The van der Waals surface area contributed by atoms with Gasteiger partial charge in [-0.05, 0) is 18.1 Å². The molecule has 2 amide bonds. The van der Waals surface area contributed by atoms with Crippen LogP contribution in [0.1, 0.15) is 45.0 Å². The summed E-state index contributed by atoms with van der Waals surface area (Å²) in [6, 6.07) is 8.81. The standard InChI is InChI=1S/C18H26N2O2/c1-12(2)14-16(22)19(6)17(18(3,4)5)20(14)15(21)13-10-8-7-9-11-13/h7-12,14,17H,1-6H3/t14-,17+/m1/s1. The normalized spacial score (nSPS) is 22.6. The summed E-state index contributed by atoms with van der Waals surface area (Å²) in [7, 11) is 1.80. The zero-order valence-electron chi connectivity index (χ0n) is 14.3. The monoisotopic (exact) mass is 302 g/mol. The Bertz CT molecular complexity index is 560. The first kappa shape index (κ1) is 16.5. The summed E-state index contributed by atoms with van der Waals surface area (Å²) in [6.45, 7) is 10.2. The summed E-state index contributed by atoms with van der Waals surface area (Å²) < 4.78 is 0. The second kappa shape index (κ2) is 5.75. The number of benzene rings is 1. The molecule has 0 radical (unpaired) electrons.